The second-order valence-corrected chi connectivity index (χ2v) is 8.75. The number of hydrogen-bond acceptors (Lipinski definition) is 5. The van der Waals surface area contributed by atoms with Crippen LogP contribution in [0.3, 0.4) is 0 Å². The van der Waals surface area contributed by atoms with E-state index in [4.69, 9.17) is 9.47 Å². The number of carbonyl (C=O) groups is 3. The van der Waals surface area contributed by atoms with Crippen molar-refractivity contribution >= 4 is 17.8 Å². The molecule has 0 heterocycles. The minimum atomic E-state index is -0.168. The lowest BCUT2D eigenvalue weighted by molar-refractivity contribution is -0.149. The lowest BCUT2D eigenvalue weighted by atomic mass is 9.87. The summed E-state index contributed by atoms with van der Waals surface area (Å²) >= 11 is 0. The molecule has 2 aliphatic rings. The highest BCUT2D eigenvalue weighted by Crippen LogP contribution is 2.28. The quantitative estimate of drug-likeness (QED) is 0.448. The molecule has 3 rings (SSSR count). The summed E-state index contributed by atoms with van der Waals surface area (Å²) in [4.78, 5) is 36.3. The van der Waals surface area contributed by atoms with Gasteiger partial charge in [0.15, 0.2) is 0 Å². The number of rotatable bonds is 9. The third kappa shape index (κ3) is 7.24. The van der Waals surface area contributed by atoms with E-state index in [1.165, 1.54) is 6.42 Å². The minimum absolute atomic E-state index is 0.0201. The van der Waals surface area contributed by atoms with Crippen molar-refractivity contribution in [3.05, 3.63) is 29.8 Å². The summed E-state index contributed by atoms with van der Waals surface area (Å²) in [6.07, 6.45) is 8.69. The van der Waals surface area contributed by atoms with Crippen LogP contribution in [0, 0.1) is 11.8 Å². The first-order valence-corrected chi connectivity index (χ1v) is 12.1. The summed E-state index contributed by atoms with van der Waals surface area (Å²) in [7, 11) is 0. The Morgan fingerprint density at radius 3 is 2.16 bits per heavy atom. The largest absolute Gasteiger partial charge is 0.490 e. The lowest BCUT2D eigenvalue weighted by Crippen LogP contribution is -2.38. The first-order valence-electron chi connectivity index (χ1n) is 12.1. The molecule has 2 amide bonds. The highest BCUT2D eigenvalue weighted by Gasteiger charge is 2.28. The monoisotopic (exact) mass is 444 g/mol. The Hall–Kier alpha value is -2.57. The fourth-order valence-corrected chi connectivity index (χ4v) is 4.53. The summed E-state index contributed by atoms with van der Waals surface area (Å²) in [5.41, 5.74) is 0.557. The third-order valence-corrected chi connectivity index (χ3v) is 6.40. The van der Waals surface area contributed by atoms with Crippen molar-refractivity contribution in [1.82, 2.24) is 10.6 Å². The first kappa shape index (κ1) is 24.1. The van der Waals surface area contributed by atoms with Gasteiger partial charge in [0.1, 0.15) is 5.75 Å². The molecule has 0 spiro atoms. The van der Waals surface area contributed by atoms with Gasteiger partial charge in [0.05, 0.1) is 18.6 Å². The van der Waals surface area contributed by atoms with Crippen LogP contribution < -0.4 is 15.4 Å². The molecule has 2 N–H and O–H groups in total. The molecule has 0 radical (unpaired) electrons. The predicted molar refractivity (Wildman–Crippen MR) is 121 cm³/mol. The molecular weight excluding hydrogens is 408 g/mol. The molecule has 2 aliphatic carbocycles. The Labute approximate surface area is 190 Å². The molecule has 1 aromatic rings. The van der Waals surface area contributed by atoms with Crippen LogP contribution >= 0.6 is 0 Å². The highest BCUT2D eigenvalue weighted by atomic mass is 16.5. The lowest BCUT2D eigenvalue weighted by Gasteiger charge is -2.27. The van der Waals surface area contributed by atoms with Crippen molar-refractivity contribution in [3.8, 4) is 5.75 Å². The predicted octanol–water partition coefficient (Wildman–Crippen LogP) is 3.61. The smallest absolute Gasteiger partial charge is 0.308 e. The summed E-state index contributed by atoms with van der Waals surface area (Å²) in [6, 6.07) is 7.10. The fourth-order valence-electron chi connectivity index (χ4n) is 4.53. The molecule has 32 heavy (non-hydrogen) atoms. The number of amides is 2. The minimum Gasteiger partial charge on any atom is -0.490 e. The van der Waals surface area contributed by atoms with Crippen molar-refractivity contribution in [2.75, 3.05) is 19.7 Å². The number of esters is 1. The van der Waals surface area contributed by atoms with E-state index in [9.17, 15) is 14.4 Å². The Morgan fingerprint density at radius 2 is 1.50 bits per heavy atom. The van der Waals surface area contributed by atoms with Gasteiger partial charge in [0.2, 0.25) is 5.91 Å². The number of hydrogen-bond donors (Lipinski definition) is 2. The molecule has 2 saturated carbocycles. The summed E-state index contributed by atoms with van der Waals surface area (Å²) in [5, 5.41) is 5.77. The van der Waals surface area contributed by atoms with Crippen LogP contribution in [-0.2, 0) is 14.3 Å². The van der Waals surface area contributed by atoms with Crippen molar-refractivity contribution < 1.29 is 23.9 Å². The summed E-state index contributed by atoms with van der Waals surface area (Å²) in [5.74, 6) is 0.673. The average molecular weight is 445 g/mol. The van der Waals surface area contributed by atoms with Gasteiger partial charge in [0, 0.05) is 24.6 Å². The second kappa shape index (κ2) is 12.5. The molecular formula is C25H36N2O5. The molecule has 0 bridgehead atoms. The molecule has 7 heteroatoms. The van der Waals surface area contributed by atoms with E-state index in [2.05, 4.69) is 10.6 Å². The van der Waals surface area contributed by atoms with Crippen LogP contribution in [-0.4, -0.2) is 43.6 Å². The first-order chi connectivity index (χ1) is 15.6. The van der Waals surface area contributed by atoms with Gasteiger partial charge in [-0.2, -0.15) is 0 Å². The van der Waals surface area contributed by atoms with E-state index >= 15 is 0 Å². The van der Waals surface area contributed by atoms with Gasteiger partial charge < -0.3 is 20.1 Å². The Balaban J connectivity index is 1.34. The maximum Gasteiger partial charge on any atom is 0.308 e. The van der Waals surface area contributed by atoms with E-state index in [1.807, 2.05) is 6.92 Å². The Morgan fingerprint density at radius 1 is 0.844 bits per heavy atom. The zero-order chi connectivity index (χ0) is 22.8. The molecule has 2 fully saturated rings. The second-order valence-electron chi connectivity index (χ2n) is 8.75. The maximum absolute atomic E-state index is 12.3. The molecule has 0 aromatic heterocycles. The van der Waals surface area contributed by atoms with Crippen molar-refractivity contribution in [1.29, 1.82) is 0 Å². The van der Waals surface area contributed by atoms with Gasteiger partial charge in [-0.3, -0.25) is 14.4 Å². The van der Waals surface area contributed by atoms with Crippen LogP contribution in [0.15, 0.2) is 24.3 Å². The molecule has 176 valence electrons. The van der Waals surface area contributed by atoms with Gasteiger partial charge >= 0.3 is 5.97 Å². The molecule has 1 aromatic carbocycles. The Kier molecular flexibility index (Phi) is 9.38. The molecule has 0 atom stereocenters. The van der Waals surface area contributed by atoms with Gasteiger partial charge in [-0.15, -0.1) is 0 Å². The van der Waals surface area contributed by atoms with E-state index in [-0.39, 0.29) is 35.7 Å². The van der Waals surface area contributed by atoms with Gasteiger partial charge in [-0.1, -0.05) is 19.3 Å². The van der Waals surface area contributed by atoms with Crippen LogP contribution in [0.1, 0.15) is 75.1 Å². The van der Waals surface area contributed by atoms with Crippen molar-refractivity contribution in [2.45, 2.75) is 70.8 Å². The van der Waals surface area contributed by atoms with E-state index in [0.29, 0.717) is 25.3 Å². The topological polar surface area (TPSA) is 93.7 Å². The number of ether oxygens (including phenoxy) is 2. The normalized spacial score (nSPS) is 21.4. The SMILES string of the molecule is CCOC(=O)C1CCC(Oc2ccc(C(=O)NCCNC(=O)C3CCCCC3)cc2)CC1. The van der Waals surface area contributed by atoms with Crippen LogP contribution in [0.25, 0.3) is 0 Å². The maximum atomic E-state index is 12.3. The standard InChI is InChI=1S/C25H36N2O5/c1-2-31-25(30)20-10-14-22(15-11-20)32-21-12-8-19(9-13-21)24(29)27-17-16-26-23(28)18-6-4-3-5-7-18/h8-9,12-13,18,20,22H,2-7,10-11,14-17H2,1H3,(H,26,28)(H,27,29). The van der Waals surface area contributed by atoms with Gasteiger partial charge in [0.25, 0.3) is 5.91 Å². The van der Waals surface area contributed by atoms with Crippen LogP contribution in [0.5, 0.6) is 5.75 Å². The zero-order valence-corrected chi connectivity index (χ0v) is 19.1. The van der Waals surface area contributed by atoms with E-state index < -0.39 is 0 Å². The summed E-state index contributed by atoms with van der Waals surface area (Å²) < 4.78 is 11.1. The summed E-state index contributed by atoms with van der Waals surface area (Å²) in [6.45, 7) is 3.09. The highest BCUT2D eigenvalue weighted by molar-refractivity contribution is 5.94. The third-order valence-electron chi connectivity index (χ3n) is 6.40. The van der Waals surface area contributed by atoms with Crippen molar-refractivity contribution in [3.63, 3.8) is 0 Å². The van der Waals surface area contributed by atoms with E-state index in [0.717, 1.165) is 57.1 Å². The fraction of sp³-hybridized carbons (Fsp3) is 0.640. The van der Waals surface area contributed by atoms with Gasteiger partial charge in [-0.05, 0) is 69.7 Å². The van der Waals surface area contributed by atoms with Gasteiger partial charge in [-0.25, -0.2) is 0 Å². The number of nitrogens with one attached hydrogen (secondary N) is 2. The van der Waals surface area contributed by atoms with Crippen LogP contribution in [0.2, 0.25) is 0 Å². The molecule has 0 aliphatic heterocycles. The van der Waals surface area contributed by atoms with Crippen LogP contribution in [0.4, 0.5) is 0 Å². The number of carbonyl (C=O) groups excluding carboxylic acids is 3. The number of benzene rings is 1. The zero-order valence-electron chi connectivity index (χ0n) is 19.1. The molecule has 7 nitrogen and oxygen atoms in total. The molecule has 0 saturated heterocycles. The average Bonchev–Trinajstić information content (AvgIpc) is 2.83. The molecule has 0 unspecified atom stereocenters. The Bertz CT molecular complexity index is 750. The van der Waals surface area contributed by atoms with E-state index in [1.54, 1.807) is 24.3 Å². The van der Waals surface area contributed by atoms with Crippen molar-refractivity contribution in [2.24, 2.45) is 11.8 Å².